The highest BCUT2D eigenvalue weighted by Gasteiger charge is 2.06. The predicted octanol–water partition coefficient (Wildman–Crippen LogP) is 2.39. The number of benzene rings is 1. The summed E-state index contributed by atoms with van der Waals surface area (Å²) in [6, 6.07) is 8.60. The van der Waals surface area contributed by atoms with E-state index >= 15 is 0 Å². The summed E-state index contributed by atoms with van der Waals surface area (Å²) in [4.78, 5) is 11.2. The van der Waals surface area contributed by atoms with Crippen molar-refractivity contribution in [2.75, 3.05) is 0 Å². The molecule has 0 fully saturated rings. The van der Waals surface area contributed by atoms with Crippen molar-refractivity contribution >= 4 is 11.0 Å². The van der Waals surface area contributed by atoms with Gasteiger partial charge in [-0.25, -0.2) is 4.79 Å². The zero-order chi connectivity index (χ0) is 12.4. The van der Waals surface area contributed by atoms with Crippen LogP contribution in [0.25, 0.3) is 11.0 Å². The molecule has 0 saturated carbocycles. The van der Waals surface area contributed by atoms with Gasteiger partial charge in [0.25, 0.3) is 0 Å². The fourth-order valence-corrected chi connectivity index (χ4v) is 1.61. The minimum absolute atomic E-state index is 0.388. The van der Waals surface area contributed by atoms with Gasteiger partial charge in [-0.1, -0.05) is 0 Å². The first-order chi connectivity index (χ1) is 8.10. The molecular formula is C13H11NO3. The molecule has 1 aromatic carbocycles. The lowest BCUT2D eigenvalue weighted by Gasteiger charge is -2.08. The van der Waals surface area contributed by atoms with E-state index in [0.717, 1.165) is 10.9 Å². The maximum Gasteiger partial charge on any atom is 0.336 e. The number of nitrogens with zero attached hydrogens (tertiary/aromatic N) is 1. The molecule has 0 spiro atoms. The molecule has 0 aliphatic rings. The molecule has 0 N–H and O–H groups in total. The number of fused-ring (bicyclic) bond motifs is 1. The average Bonchev–Trinajstić information content (AvgIpc) is 2.28. The molecule has 4 nitrogen and oxygen atoms in total. The maximum atomic E-state index is 11.2. The van der Waals surface area contributed by atoms with E-state index in [1.165, 1.54) is 6.07 Å². The van der Waals surface area contributed by atoms with E-state index in [1.807, 2.05) is 19.1 Å². The van der Waals surface area contributed by atoms with Crippen molar-refractivity contribution in [1.29, 1.82) is 5.26 Å². The summed E-state index contributed by atoms with van der Waals surface area (Å²) in [6.07, 6.45) is -0.538. The number of ether oxygens (including phenoxy) is 1. The fourth-order valence-electron chi connectivity index (χ4n) is 1.61. The van der Waals surface area contributed by atoms with Gasteiger partial charge in [0.15, 0.2) is 6.10 Å². The summed E-state index contributed by atoms with van der Waals surface area (Å²) in [7, 11) is 0. The molecule has 86 valence electrons. The molecule has 0 saturated heterocycles. The Kier molecular flexibility index (Phi) is 2.84. The van der Waals surface area contributed by atoms with Crippen molar-refractivity contribution < 1.29 is 9.15 Å². The number of aryl methyl sites for hydroxylation is 1. The summed E-state index contributed by atoms with van der Waals surface area (Å²) in [5, 5.41) is 9.51. The molecule has 0 aliphatic heterocycles. The molecule has 2 rings (SSSR count). The van der Waals surface area contributed by atoms with Crippen LogP contribution >= 0.6 is 0 Å². The van der Waals surface area contributed by atoms with E-state index in [2.05, 4.69) is 0 Å². The lowest BCUT2D eigenvalue weighted by atomic mass is 10.1. The summed E-state index contributed by atoms with van der Waals surface area (Å²) in [6.45, 7) is 3.49. The predicted molar refractivity (Wildman–Crippen MR) is 62.9 cm³/mol. The van der Waals surface area contributed by atoms with Crippen LogP contribution in [-0.2, 0) is 0 Å². The van der Waals surface area contributed by atoms with E-state index in [1.54, 1.807) is 19.1 Å². The van der Waals surface area contributed by atoms with Gasteiger partial charge in [-0.15, -0.1) is 0 Å². The minimum Gasteiger partial charge on any atom is -0.476 e. The van der Waals surface area contributed by atoms with Crippen molar-refractivity contribution in [2.45, 2.75) is 20.0 Å². The second-order valence-corrected chi connectivity index (χ2v) is 3.80. The second kappa shape index (κ2) is 4.30. The maximum absolute atomic E-state index is 11.2. The van der Waals surface area contributed by atoms with E-state index in [-0.39, 0.29) is 5.63 Å². The molecule has 4 heteroatoms. The average molecular weight is 229 g/mol. The van der Waals surface area contributed by atoms with Gasteiger partial charge in [-0.2, -0.15) is 5.26 Å². The number of hydrogen-bond acceptors (Lipinski definition) is 4. The summed E-state index contributed by atoms with van der Waals surface area (Å²) in [5.41, 5.74) is 0.939. The molecule has 1 aromatic heterocycles. The highest BCUT2D eigenvalue weighted by Crippen LogP contribution is 2.22. The Hall–Kier alpha value is -2.28. The third-order valence-electron chi connectivity index (χ3n) is 2.42. The van der Waals surface area contributed by atoms with E-state index in [0.29, 0.717) is 11.3 Å². The van der Waals surface area contributed by atoms with Gasteiger partial charge < -0.3 is 9.15 Å². The Morgan fingerprint density at radius 2 is 2.18 bits per heavy atom. The Labute approximate surface area is 98.0 Å². The molecule has 1 heterocycles. The van der Waals surface area contributed by atoms with Gasteiger partial charge >= 0.3 is 5.63 Å². The van der Waals surface area contributed by atoms with Gasteiger partial charge in [-0.3, -0.25) is 0 Å². The minimum atomic E-state index is -0.538. The van der Waals surface area contributed by atoms with Crippen LogP contribution in [0.2, 0.25) is 0 Å². The molecule has 0 amide bonds. The zero-order valence-corrected chi connectivity index (χ0v) is 9.56. The van der Waals surface area contributed by atoms with Crippen LogP contribution < -0.4 is 10.4 Å². The van der Waals surface area contributed by atoms with Crippen LogP contribution in [0.4, 0.5) is 0 Å². The number of nitriles is 1. The topological polar surface area (TPSA) is 63.2 Å². The number of hydrogen-bond donors (Lipinski definition) is 0. The first-order valence-corrected chi connectivity index (χ1v) is 5.21. The zero-order valence-electron chi connectivity index (χ0n) is 9.56. The highest BCUT2D eigenvalue weighted by molar-refractivity contribution is 5.81. The van der Waals surface area contributed by atoms with Crippen LogP contribution in [0, 0.1) is 18.3 Å². The molecule has 0 aliphatic carbocycles. The molecule has 17 heavy (non-hydrogen) atoms. The van der Waals surface area contributed by atoms with Gasteiger partial charge in [0.05, 0.1) is 0 Å². The van der Waals surface area contributed by atoms with Gasteiger partial charge in [-0.05, 0) is 31.5 Å². The van der Waals surface area contributed by atoms with Crippen molar-refractivity contribution in [2.24, 2.45) is 0 Å². The number of rotatable bonds is 2. The first kappa shape index (κ1) is 11.2. The standard InChI is InChI=1S/C13H11NO3/c1-8-5-13(15)17-12-6-10(3-4-11(8)12)16-9(2)7-14/h3-6,9H,1-2H3/t9-/m1/s1. The van der Waals surface area contributed by atoms with Crippen molar-refractivity contribution in [1.82, 2.24) is 0 Å². The quantitative estimate of drug-likeness (QED) is 0.742. The van der Waals surface area contributed by atoms with Crippen LogP contribution in [0.15, 0.2) is 33.5 Å². The molecule has 0 unspecified atom stereocenters. The lowest BCUT2D eigenvalue weighted by molar-refractivity contribution is 0.276. The van der Waals surface area contributed by atoms with Gasteiger partial charge in [0, 0.05) is 17.5 Å². The molecule has 1 atom stereocenters. The fraction of sp³-hybridized carbons (Fsp3) is 0.231. The van der Waals surface area contributed by atoms with Crippen molar-refractivity contribution in [3.8, 4) is 11.8 Å². The van der Waals surface area contributed by atoms with E-state index in [9.17, 15) is 4.79 Å². The van der Waals surface area contributed by atoms with Crippen molar-refractivity contribution in [3.05, 3.63) is 40.2 Å². The Morgan fingerprint density at radius 1 is 1.41 bits per heavy atom. The largest absolute Gasteiger partial charge is 0.476 e. The van der Waals surface area contributed by atoms with Crippen LogP contribution in [-0.4, -0.2) is 6.10 Å². The second-order valence-electron chi connectivity index (χ2n) is 3.80. The van der Waals surface area contributed by atoms with Crippen LogP contribution in [0.5, 0.6) is 5.75 Å². The summed E-state index contributed by atoms with van der Waals surface area (Å²) >= 11 is 0. The van der Waals surface area contributed by atoms with Crippen LogP contribution in [0.1, 0.15) is 12.5 Å². The third-order valence-corrected chi connectivity index (χ3v) is 2.42. The normalized spacial score (nSPS) is 12.1. The van der Waals surface area contributed by atoms with E-state index < -0.39 is 6.10 Å². The van der Waals surface area contributed by atoms with Crippen LogP contribution in [0.3, 0.4) is 0 Å². The SMILES string of the molecule is Cc1cc(=O)oc2cc(O[C@H](C)C#N)ccc12. The Bertz CT molecular complexity index is 652. The molecule has 0 bridgehead atoms. The smallest absolute Gasteiger partial charge is 0.336 e. The molecular weight excluding hydrogens is 218 g/mol. The summed E-state index contributed by atoms with van der Waals surface area (Å²) in [5.74, 6) is 0.514. The van der Waals surface area contributed by atoms with Gasteiger partial charge in [0.2, 0.25) is 0 Å². The first-order valence-electron chi connectivity index (χ1n) is 5.21. The van der Waals surface area contributed by atoms with E-state index in [4.69, 9.17) is 14.4 Å². The summed E-state index contributed by atoms with van der Waals surface area (Å²) < 4.78 is 10.4. The monoisotopic (exact) mass is 229 g/mol. The Balaban J connectivity index is 2.51. The molecule has 0 radical (unpaired) electrons. The highest BCUT2D eigenvalue weighted by atomic mass is 16.5. The van der Waals surface area contributed by atoms with Gasteiger partial charge in [0.1, 0.15) is 17.4 Å². The van der Waals surface area contributed by atoms with Crippen molar-refractivity contribution in [3.63, 3.8) is 0 Å². The lowest BCUT2D eigenvalue weighted by Crippen LogP contribution is -2.08. The Morgan fingerprint density at radius 3 is 2.88 bits per heavy atom. The molecule has 2 aromatic rings. The third kappa shape index (κ3) is 2.28.